The van der Waals surface area contributed by atoms with Crippen LogP contribution in [-0.4, -0.2) is 31.7 Å². The summed E-state index contributed by atoms with van der Waals surface area (Å²) in [6.45, 7) is 0. The highest BCUT2D eigenvalue weighted by molar-refractivity contribution is 5.87. The molecule has 4 rings (SSSR count). The van der Waals surface area contributed by atoms with Gasteiger partial charge in [0.2, 0.25) is 5.78 Å². The van der Waals surface area contributed by atoms with Gasteiger partial charge in [0.1, 0.15) is 6.29 Å². The molecule has 2 aromatic carbocycles. The van der Waals surface area contributed by atoms with Crippen molar-refractivity contribution in [3.8, 4) is 22.4 Å². The van der Waals surface area contributed by atoms with E-state index in [1.165, 1.54) is 6.20 Å². The molecule has 4 aromatic rings. The highest BCUT2D eigenvalue weighted by atomic mass is 16.4. The normalized spacial score (nSPS) is 10.8. The van der Waals surface area contributed by atoms with Crippen molar-refractivity contribution < 1.29 is 14.7 Å². The van der Waals surface area contributed by atoms with Gasteiger partial charge in [-0.25, -0.2) is 14.8 Å². The van der Waals surface area contributed by atoms with Crippen LogP contribution in [0.25, 0.3) is 28.2 Å². The number of imidazole rings is 1. The number of fused-ring (bicyclic) bond motifs is 1. The van der Waals surface area contributed by atoms with Crippen LogP contribution in [0.2, 0.25) is 0 Å². The van der Waals surface area contributed by atoms with Crippen LogP contribution in [0.1, 0.15) is 20.8 Å². The van der Waals surface area contributed by atoms with E-state index < -0.39 is 5.97 Å². The maximum Gasteiger partial charge on any atom is 0.356 e. The molecule has 6 heteroatoms. The Bertz CT molecular complexity index is 1120. The van der Waals surface area contributed by atoms with Gasteiger partial charge in [-0.1, -0.05) is 54.6 Å². The number of hydrogen-bond acceptors (Lipinski definition) is 4. The number of carbonyl (C=O) groups is 2. The van der Waals surface area contributed by atoms with Gasteiger partial charge in [0.15, 0.2) is 5.69 Å². The van der Waals surface area contributed by atoms with Crippen molar-refractivity contribution in [3.05, 3.63) is 78.2 Å². The standard InChI is InChI=1S/C20H13N3O3/c24-12-13-6-8-15(9-7-13)18-16(14-4-2-1-3-5-14)10-23-11-17(19(25)26)21-20(23)22-18/h1-12H,(H,25,26). The van der Waals surface area contributed by atoms with Crippen molar-refractivity contribution in [2.45, 2.75) is 0 Å². The first kappa shape index (κ1) is 15.7. The van der Waals surface area contributed by atoms with Crippen LogP contribution >= 0.6 is 0 Å². The lowest BCUT2D eigenvalue weighted by molar-refractivity contribution is 0.0691. The lowest BCUT2D eigenvalue weighted by atomic mass is 10.00. The van der Waals surface area contributed by atoms with Crippen LogP contribution in [-0.2, 0) is 0 Å². The topological polar surface area (TPSA) is 84.6 Å². The molecule has 0 aliphatic heterocycles. The van der Waals surface area contributed by atoms with Gasteiger partial charge in [-0.15, -0.1) is 0 Å². The lowest BCUT2D eigenvalue weighted by Crippen LogP contribution is -1.96. The Labute approximate surface area is 148 Å². The number of aromatic nitrogens is 3. The molecule has 0 aliphatic rings. The van der Waals surface area contributed by atoms with Crippen LogP contribution in [0, 0.1) is 0 Å². The Morgan fingerprint density at radius 2 is 1.65 bits per heavy atom. The third-order valence-electron chi connectivity index (χ3n) is 4.07. The van der Waals surface area contributed by atoms with Crippen molar-refractivity contribution in [2.75, 3.05) is 0 Å². The van der Waals surface area contributed by atoms with Gasteiger partial charge >= 0.3 is 5.97 Å². The maximum atomic E-state index is 11.2. The maximum absolute atomic E-state index is 11.2. The average molecular weight is 343 g/mol. The summed E-state index contributed by atoms with van der Waals surface area (Å²) in [6, 6.07) is 16.8. The number of hydrogen-bond donors (Lipinski definition) is 1. The van der Waals surface area contributed by atoms with E-state index in [9.17, 15) is 14.7 Å². The molecule has 0 bridgehead atoms. The number of aldehydes is 1. The minimum atomic E-state index is -1.10. The van der Waals surface area contributed by atoms with E-state index >= 15 is 0 Å². The van der Waals surface area contributed by atoms with E-state index in [-0.39, 0.29) is 5.69 Å². The van der Waals surface area contributed by atoms with Crippen LogP contribution in [0.15, 0.2) is 67.0 Å². The zero-order valence-corrected chi connectivity index (χ0v) is 13.5. The molecular formula is C20H13N3O3. The molecule has 0 radical (unpaired) electrons. The molecule has 0 saturated carbocycles. The van der Waals surface area contributed by atoms with Crippen LogP contribution in [0.4, 0.5) is 0 Å². The molecule has 1 N–H and O–H groups in total. The van der Waals surface area contributed by atoms with E-state index in [0.717, 1.165) is 23.0 Å². The summed E-state index contributed by atoms with van der Waals surface area (Å²) in [6.07, 6.45) is 4.04. The SMILES string of the molecule is O=Cc1ccc(-c2nc3nc(C(=O)O)cn3cc2-c2ccccc2)cc1. The Morgan fingerprint density at radius 3 is 2.31 bits per heavy atom. The van der Waals surface area contributed by atoms with Crippen molar-refractivity contribution in [2.24, 2.45) is 0 Å². The second-order valence-corrected chi connectivity index (χ2v) is 5.75. The minimum Gasteiger partial charge on any atom is -0.476 e. The summed E-state index contributed by atoms with van der Waals surface area (Å²) in [5, 5.41) is 9.18. The number of carbonyl (C=O) groups excluding carboxylic acids is 1. The molecule has 0 unspecified atom stereocenters. The summed E-state index contributed by atoms with van der Waals surface area (Å²) < 4.78 is 1.61. The molecule has 2 aromatic heterocycles. The van der Waals surface area contributed by atoms with E-state index in [2.05, 4.69) is 9.97 Å². The fourth-order valence-electron chi connectivity index (χ4n) is 2.79. The van der Waals surface area contributed by atoms with Gasteiger partial charge in [0.05, 0.1) is 5.69 Å². The van der Waals surface area contributed by atoms with Crippen molar-refractivity contribution in [1.29, 1.82) is 0 Å². The molecule has 2 heterocycles. The van der Waals surface area contributed by atoms with E-state index in [4.69, 9.17) is 0 Å². The number of benzene rings is 2. The predicted molar refractivity (Wildman–Crippen MR) is 96.2 cm³/mol. The smallest absolute Gasteiger partial charge is 0.356 e. The summed E-state index contributed by atoms with van der Waals surface area (Å²) in [7, 11) is 0. The molecule has 6 nitrogen and oxygen atoms in total. The molecule has 0 saturated heterocycles. The number of carboxylic acids is 1. The minimum absolute atomic E-state index is 0.0648. The molecule has 0 aliphatic carbocycles. The fourth-order valence-corrected chi connectivity index (χ4v) is 2.79. The molecule has 126 valence electrons. The fraction of sp³-hybridized carbons (Fsp3) is 0. The van der Waals surface area contributed by atoms with E-state index in [0.29, 0.717) is 17.0 Å². The van der Waals surface area contributed by atoms with Gasteiger partial charge in [-0.05, 0) is 5.56 Å². The molecule has 26 heavy (non-hydrogen) atoms. The highest BCUT2D eigenvalue weighted by Gasteiger charge is 2.15. The Kier molecular flexibility index (Phi) is 3.78. The zero-order chi connectivity index (χ0) is 18.1. The quantitative estimate of drug-likeness (QED) is 0.573. The number of aromatic carboxylic acids is 1. The largest absolute Gasteiger partial charge is 0.476 e. The Morgan fingerprint density at radius 1 is 0.923 bits per heavy atom. The number of rotatable bonds is 4. The lowest BCUT2D eigenvalue weighted by Gasteiger charge is -2.10. The molecule has 0 fully saturated rings. The van der Waals surface area contributed by atoms with Gasteiger partial charge < -0.3 is 5.11 Å². The first-order chi connectivity index (χ1) is 12.7. The van der Waals surface area contributed by atoms with Crippen LogP contribution in [0.3, 0.4) is 0 Å². The van der Waals surface area contributed by atoms with Gasteiger partial charge in [-0.3, -0.25) is 9.20 Å². The van der Waals surface area contributed by atoms with E-state index in [1.807, 2.05) is 48.7 Å². The van der Waals surface area contributed by atoms with Crippen LogP contribution < -0.4 is 0 Å². The summed E-state index contributed by atoms with van der Waals surface area (Å²) >= 11 is 0. The molecule has 0 amide bonds. The van der Waals surface area contributed by atoms with Crippen molar-refractivity contribution >= 4 is 18.0 Å². The summed E-state index contributed by atoms with van der Waals surface area (Å²) in [5.41, 5.74) is 3.78. The monoisotopic (exact) mass is 343 g/mol. The van der Waals surface area contributed by atoms with Crippen molar-refractivity contribution in [3.63, 3.8) is 0 Å². The molecule has 0 spiro atoms. The Hall–Kier alpha value is -3.80. The van der Waals surface area contributed by atoms with Gasteiger partial charge in [0, 0.05) is 29.1 Å². The first-order valence-corrected chi connectivity index (χ1v) is 7.90. The van der Waals surface area contributed by atoms with Gasteiger partial charge in [0.25, 0.3) is 0 Å². The van der Waals surface area contributed by atoms with Gasteiger partial charge in [-0.2, -0.15) is 0 Å². The number of nitrogens with zero attached hydrogens (tertiary/aromatic N) is 3. The van der Waals surface area contributed by atoms with Crippen molar-refractivity contribution in [1.82, 2.24) is 14.4 Å². The third kappa shape index (κ3) is 2.73. The highest BCUT2D eigenvalue weighted by Crippen LogP contribution is 2.31. The summed E-state index contributed by atoms with van der Waals surface area (Å²) in [4.78, 5) is 30.8. The predicted octanol–water partition coefficient (Wildman–Crippen LogP) is 3.57. The van der Waals surface area contributed by atoms with E-state index in [1.54, 1.807) is 16.5 Å². The molecular weight excluding hydrogens is 330 g/mol. The third-order valence-corrected chi connectivity index (χ3v) is 4.07. The Balaban J connectivity index is 1.98. The number of carboxylic acid groups (broad SMARTS) is 1. The summed E-state index contributed by atoms with van der Waals surface area (Å²) in [5.74, 6) is -0.801. The molecule has 0 atom stereocenters. The zero-order valence-electron chi connectivity index (χ0n) is 13.5. The average Bonchev–Trinajstić information content (AvgIpc) is 3.11. The second kappa shape index (κ2) is 6.25. The second-order valence-electron chi connectivity index (χ2n) is 5.75. The van der Waals surface area contributed by atoms with Crippen LogP contribution in [0.5, 0.6) is 0 Å². The first-order valence-electron chi connectivity index (χ1n) is 7.90.